The van der Waals surface area contributed by atoms with E-state index in [4.69, 9.17) is 10.00 Å². The molecule has 9 heteroatoms. The molecule has 0 bridgehead atoms. The Labute approximate surface area is 148 Å². The predicted octanol–water partition coefficient (Wildman–Crippen LogP) is 2.82. The van der Waals surface area contributed by atoms with Crippen LogP contribution in [0.4, 0.5) is 13.2 Å². The van der Waals surface area contributed by atoms with E-state index in [1.165, 1.54) is 24.3 Å². The maximum absolute atomic E-state index is 13.3. The quantitative estimate of drug-likeness (QED) is 0.865. The largest absolute Gasteiger partial charge is 0.484 e. The van der Waals surface area contributed by atoms with Crippen molar-refractivity contribution in [3.63, 3.8) is 0 Å². The molecule has 0 aliphatic carbocycles. The molecular weight excluding hydrogens is 351 g/mol. The lowest BCUT2D eigenvalue weighted by atomic mass is 9.99. The summed E-state index contributed by atoms with van der Waals surface area (Å²) in [5.74, 6) is -0.886. The molecule has 26 heavy (non-hydrogen) atoms. The van der Waals surface area contributed by atoms with Crippen molar-refractivity contribution in [2.45, 2.75) is 38.6 Å². The Morgan fingerprint density at radius 3 is 2.54 bits per heavy atom. The Morgan fingerprint density at radius 1 is 1.42 bits per heavy atom. The second-order valence-corrected chi connectivity index (χ2v) is 6.39. The molecule has 2 rings (SSSR count). The van der Waals surface area contributed by atoms with Crippen molar-refractivity contribution in [1.82, 2.24) is 5.01 Å². The number of rotatable bonds is 5. The summed E-state index contributed by atoms with van der Waals surface area (Å²) < 4.78 is 45.1. The Bertz CT molecular complexity index is 738. The molecule has 1 aromatic rings. The van der Waals surface area contributed by atoms with E-state index in [0.29, 0.717) is 5.56 Å². The van der Waals surface area contributed by atoms with Crippen molar-refractivity contribution in [2.75, 3.05) is 6.61 Å². The van der Waals surface area contributed by atoms with Crippen molar-refractivity contribution in [2.24, 2.45) is 11.0 Å². The van der Waals surface area contributed by atoms with Gasteiger partial charge in [0.15, 0.2) is 6.61 Å². The van der Waals surface area contributed by atoms with Crippen LogP contribution in [0.15, 0.2) is 29.4 Å². The number of benzene rings is 1. The minimum Gasteiger partial charge on any atom is -0.484 e. The maximum Gasteiger partial charge on any atom is 0.438 e. The van der Waals surface area contributed by atoms with Crippen LogP contribution in [0.5, 0.6) is 5.75 Å². The highest BCUT2D eigenvalue weighted by Gasteiger charge is 2.63. The van der Waals surface area contributed by atoms with Crippen molar-refractivity contribution >= 4 is 11.6 Å². The number of hydrazone groups is 1. The summed E-state index contributed by atoms with van der Waals surface area (Å²) in [6.07, 6.45) is -5.60. The fourth-order valence-corrected chi connectivity index (χ4v) is 2.52. The Hall–Kier alpha value is -2.60. The number of carbonyl (C=O) groups is 1. The molecule has 0 fully saturated rings. The number of nitriles is 1. The van der Waals surface area contributed by atoms with Crippen LogP contribution < -0.4 is 4.74 Å². The van der Waals surface area contributed by atoms with Gasteiger partial charge in [0.1, 0.15) is 5.75 Å². The van der Waals surface area contributed by atoms with E-state index in [9.17, 15) is 23.1 Å². The van der Waals surface area contributed by atoms with Gasteiger partial charge in [-0.1, -0.05) is 13.8 Å². The van der Waals surface area contributed by atoms with Crippen LogP contribution in [-0.2, 0) is 4.79 Å². The topological polar surface area (TPSA) is 85.9 Å². The molecule has 1 heterocycles. The summed E-state index contributed by atoms with van der Waals surface area (Å²) >= 11 is 0. The summed E-state index contributed by atoms with van der Waals surface area (Å²) in [7, 11) is 0. The highest BCUT2D eigenvalue weighted by Crippen LogP contribution is 2.41. The van der Waals surface area contributed by atoms with Crippen LogP contribution in [0.2, 0.25) is 0 Å². The number of nitrogens with zero attached hydrogens (tertiary/aromatic N) is 3. The molecule has 0 saturated heterocycles. The normalized spacial score (nSPS) is 20.1. The third-order valence-corrected chi connectivity index (χ3v) is 3.72. The first-order valence-electron chi connectivity index (χ1n) is 7.88. The minimum atomic E-state index is -5.06. The van der Waals surface area contributed by atoms with Crippen LogP contribution in [0, 0.1) is 17.2 Å². The zero-order valence-corrected chi connectivity index (χ0v) is 14.2. The van der Waals surface area contributed by atoms with E-state index in [1.54, 1.807) is 13.8 Å². The van der Waals surface area contributed by atoms with Gasteiger partial charge in [-0.25, -0.2) is 0 Å². The number of alkyl halides is 3. The Kier molecular flexibility index (Phi) is 5.56. The number of hydrogen-bond acceptors (Lipinski definition) is 5. The average Bonchev–Trinajstić information content (AvgIpc) is 2.90. The van der Waals surface area contributed by atoms with Gasteiger partial charge in [0.25, 0.3) is 11.6 Å². The van der Waals surface area contributed by atoms with Gasteiger partial charge in [0, 0.05) is 12.1 Å². The lowest BCUT2D eigenvalue weighted by molar-refractivity contribution is -0.302. The molecule has 1 aliphatic rings. The number of ether oxygens (including phenoxy) is 1. The van der Waals surface area contributed by atoms with Gasteiger partial charge in [0.2, 0.25) is 0 Å². The van der Waals surface area contributed by atoms with E-state index in [-0.39, 0.29) is 28.8 Å². The first kappa shape index (κ1) is 19.7. The molecule has 1 aliphatic heterocycles. The smallest absolute Gasteiger partial charge is 0.438 e. The molecule has 0 aromatic heterocycles. The Balaban J connectivity index is 2.14. The van der Waals surface area contributed by atoms with Gasteiger partial charge in [-0.15, -0.1) is 0 Å². The number of hydrogen-bond donors (Lipinski definition) is 1. The lowest BCUT2D eigenvalue weighted by Gasteiger charge is -2.32. The first-order chi connectivity index (χ1) is 12.1. The molecule has 6 nitrogen and oxygen atoms in total. The van der Waals surface area contributed by atoms with Crippen LogP contribution in [0.3, 0.4) is 0 Å². The predicted molar refractivity (Wildman–Crippen MR) is 86.0 cm³/mol. The average molecular weight is 369 g/mol. The summed E-state index contributed by atoms with van der Waals surface area (Å²) in [5, 5.41) is 22.5. The molecule has 1 aromatic carbocycles. The van der Waals surface area contributed by atoms with Crippen LogP contribution in [0.1, 0.15) is 32.3 Å². The van der Waals surface area contributed by atoms with Gasteiger partial charge < -0.3 is 9.84 Å². The van der Waals surface area contributed by atoms with E-state index in [1.807, 2.05) is 6.07 Å². The fraction of sp³-hybridized carbons (Fsp3) is 0.471. The molecule has 1 N–H and O–H groups in total. The van der Waals surface area contributed by atoms with Crippen LogP contribution in [-0.4, -0.2) is 40.2 Å². The monoisotopic (exact) mass is 369 g/mol. The van der Waals surface area contributed by atoms with Crippen LogP contribution >= 0.6 is 0 Å². The van der Waals surface area contributed by atoms with Crippen molar-refractivity contribution in [3.8, 4) is 11.8 Å². The van der Waals surface area contributed by atoms with E-state index in [2.05, 4.69) is 5.10 Å². The first-order valence-corrected chi connectivity index (χ1v) is 7.88. The minimum absolute atomic E-state index is 0.0242. The van der Waals surface area contributed by atoms with Crippen molar-refractivity contribution < 1.29 is 27.8 Å². The maximum atomic E-state index is 13.3. The fourth-order valence-electron chi connectivity index (χ4n) is 2.52. The summed E-state index contributed by atoms with van der Waals surface area (Å²) in [6.45, 7) is 2.87. The van der Waals surface area contributed by atoms with Gasteiger partial charge >= 0.3 is 6.18 Å². The van der Waals surface area contributed by atoms with Crippen LogP contribution in [0.25, 0.3) is 0 Å². The summed E-state index contributed by atoms with van der Waals surface area (Å²) in [4.78, 5) is 12.2. The summed E-state index contributed by atoms with van der Waals surface area (Å²) in [5.41, 5.74) is -2.90. The molecule has 0 saturated carbocycles. The number of amides is 1. The standard InChI is InChI=1S/C17H18F3N3O3/c1-11(2)7-13-8-16(25,17(18,19)20)23(22-13)15(24)10-26-14-5-3-12(9-21)4-6-14/h3-6,11,25H,7-8,10H2,1-2H3/t16-/m0/s1. The highest BCUT2D eigenvalue weighted by atomic mass is 19.4. The van der Waals surface area contributed by atoms with E-state index >= 15 is 0 Å². The number of halogens is 3. The molecule has 140 valence electrons. The number of carbonyl (C=O) groups excluding carboxylic acids is 1. The Morgan fingerprint density at radius 2 is 2.04 bits per heavy atom. The summed E-state index contributed by atoms with van der Waals surface area (Å²) in [6, 6.07) is 7.63. The molecule has 0 spiro atoms. The van der Waals surface area contributed by atoms with Gasteiger partial charge in [0.05, 0.1) is 11.6 Å². The van der Waals surface area contributed by atoms with Gasteiger partial charge in [-0.3, -0.25) is 4.79 Å². The van der Waals surface area contributed by atoms with Gasteiger partial charge in [-0.05, 0) is 36.6 Å². The lowest BCUT2D eigenvalue weighted by Crippen LogP contribution is -2.57. The number of aliphatic hydroxyl groups is 1. The molecular formula is C17H18F3N3O3. The zero-order valence-electron chi connectivity index (χ0n) is 14.2. The van der Waals surface area contributed by atoms with E-state index < -0.39 is 30.8 Å². The second-order valence-electron chi connectivity index (χ2n) is 6.39. The highest BCUT2D eigenvalue weighted by molar-refractivity contribution is 5.91. The third kappa shape index (κ3) is 4.14. The van der Waals surface area contributed by atoms with Crippen molar-refractivity contribution in [3.05, 3.63) is 29.8 Å². The van der Waals surface area contributed by atoms with Gasteiger partial charge in [-0.2, -0.15) is 28.5 Å². The third-order valence-electron chi connectivity index (χ3n) is 3.72. The molecule has 0 unspecified atom stereocenters. The van der Waals surface area contributed by atoms with E-state index in [0.717, 1.165) is 0 Å². The molecule has 1 atom stereocenters. The second kappa shape index (κ2) is 7.33. The zero-order chi connectivity index (χ0) is 19.5. The SMILES string of the molecule is CC(C)CC1=NN(C(=O)COc2ccc(C#N)cc2)[C@@](O)(C(F)(F)F)C1. The molecule has 0 radical (unpaired) electrons. The molecule has 1 amide bonds. The van der Waals surface area contributed by atoms with Crippen molar-refractivity contribution in [1.29, 1.82) is 5.26 Å².